The molecule has 2 rings (SSSR count). The van der Waals surface area contributed by atoms with Crippen molar-refractivity contribution in [1.29, 1.82) is 0 Å². The van der Waals surface area contributed by atoms with Crippen LogP contribution in [0.4, 0.5) is 4.79 Å². The smallest absolute Gasteiger partial charge is 0.408 e. The predicted molar refractivity (Wildman–Crippen MR) is 112 cm³/mol. The highest BCUT2D eigenvalue weighted by molar-refractivity contribution is 6.35. The monoisotopic (exact) mass is 453 g/mol. The van der Waals surface area contributed by atoms with E-state index < -0.39 is 36.6 Å². The Kier molecular flexibility index (Phi) is 8.91. The minimum Gasteiger partial charge on any atom is -0.445 e. The van der Waals surface area contributed by atoms with E-state index in [4.69, 9.17) is 33.7 Å². The Morgan fingerprint density at radius 1 is 1.03 bits per heavy atom. The minimum absolute atomic E-state index is 0.00762. The van der Waals surface area contributed by atoms with Crippen molar-refractivity contribution in [3.63, 3.8) is 0 Å². The molecule has 0 radical (unpaired) electrons. The number of primary amides is 1. The first-order valence-corrected chi connectivity index (χ1v) is 9.67. The average molecular weight is 454 g/mol. The number of nitrogens with one attached hydrogen (secondary N) is 2. The molecule has 0 saturated carbocycles. The zero-order chi connectivity index (χ0) is 22.1. The lowest BCUT2D eigenvalue weighted by atomic mass is 10.0. The highest BCUT2D eigenvalue weighted by Gasteiger charge is 2.26. The van der Waals surface area contributed by atoms with Gasteiger partial charge in [0, 0.05) is 16.5 Å². The Bertz CT molecular complexity index is 895. The number of alkyl carbamates (subject to hydrolysis) is 1. The average Bonchev–Trinajstić information content (AvgIpc) is 2.72. The Balaban J connectivity index is 1.95. The number of rotatable bonds is 9. The van der Waals surface area contributed by atoms with Crippen molar-refractivity contribution in [3.8, 4) is 0 Å². The van der Waals surface area contributed by atoms with Crippen LogP contribution >= 0.6 is 23.2 Å². The molecule has 2 atom stereocenters. The van der Waals surface area contributed by atoms with Crippen molar-refractivity contribution >= 4 is 41.1 Å². The van der Waals surface area contributed by atoms with Crippen LogP contribution in [-0.4, -0.2) is 41.7 Å². The molecule has 0 bridgehead atoms. The van der Waals surface area contributed by atoms with Gasteiger partial charge in [0.25, 0.3) is 0 Å². The molecule has 0 aliphatic rings. The molecule has 10 heteroatoms. The second kappa shape index (κ2) is 11.4. The van der Waals surface area contributed by atoms with Crippen LogP contribution in [0, 0.1) is 0 Å². The lowest BCUT2D eigenvalue weighted by molar-refractivity contribution is -0.129. The van der Waals surface area contributed by atoms with E-state index in [1.165, 1.54) is 6.07 Å². The third-order valence-electron chi connectivity index (χ3n) is 4.10. The van der Waals surface area contributed by atoms with E-state index in [9.17, 15) is 19.5 Å². The van der Waals surface area contributed by atoms with Crippen LogP contribution in [0.25, 0.3) is 0 Å². The lowest BCUT2D eigenvalue weighted by Crippen LogP contribution is -2.54. The molecular formula is C20H21Cl2N3O5. The Morgan fingerprint density at radius 3 is 2.33 bits per heavy atom. The molecule has 0 unspecified atom stereocenters. The van der Waals surface area contributed by atoms with Gasteiger partial charge in [-0.2, -0.15) is 0 Å². The number of halogens is 2. The zero-order valence-corrected chi connectivity index (χ0v) is 17.3. The van der Waals surface area contributed by atoms with Gasteiger partial charge in [0.05, 0.1) is 6.61 Å². The van der Waals surface area contributed by atoms with Crippen LogP contribution in [0.3, 0.4) is 0 Å². The summed E-state index contributed by atoms with van der Waals surface area (Å²) in [5.41, 5.74) is 6.67. The molecule has 0 aliphatic carbocycles. The normalized spacial score (nSPS) is 12.5. The summed E-state index contributed by atoms with van der Waals surface area (Å²) in [6.45, 7) is -0.717. The van der Waals surface area contributed by atoms with Gasteiger partial charge < -0.3 is 26.2 Å². The standard InChI is InChI=1S/C20H21Cl2N3O5/c21-14-7-6-13(15(22)9-14)8-16(18(23)27)24-19(28)17(10-26)25-20(29)30-11-12-4-2-1-3-5-12/h1-7,9,16-17,26H,8,10-11H2,(H2,23,27)(H,24,28)(H,25,29)/t16-,17+/m1/s1. The zero-order valence-electron chi connectivity index (χ0n) is 15.8. The molecule has 0 aromatic heterocycles. The fourth-order valence-electron chi connectivity index (χ4n) is 2.50. The van der Waals surface area contributed by atoms with Crippen molar-refractivity contribution in [2.24, 2.45) is 5.73 Å². The maximum Gasteiger partial charge on any atom is 0.408 e. The third kappa shape index (κ3) is 7.22. The predicted octanol–water partition coefficient (Wildman–Crippen LogP) is 1.79. The maximum absolute atomic E-state index is 12.4. The molecule has 0 spiro atoms. The van der Waals surface area contributed by atoms with Gasteiger partial charge in [-0.1, -0.05) is 59.6 Å². The summed E-state index contributed by atoms with van der Waals surface area (Å²) < 4.78 is 5.02. The first-order valence-electron chi connectivity index (χ1n) is 8.92. The highest BCUT2D eigenvalue weighted by Crippen LogP contribution is 2.22. The van der Waals surface area contributed by atoms with Crippen molar-refractivity contribution in [3.05, 3.63) is 69.7 Å². The molecule has 8 nitrogen and oxygen atoms in total. The number of carbonyl (C=O) groups excluding carboxylic acids is 3. The molecule has 2 aromatic rings. The van der Waals surface area contributed by atoms with E-state index in [0.717, 1.165) is 5.56 Å². The number of carbonyl (C=O) groups is 3. The number of benzene rings is 2. The van der Waals surface area contributed by atoms with Crippen molar-refractivity contribution in [1.82, 2.24) is 10.6 Å². The van der Waals surface area contributed by atoms with Gasteiger partial charge in [-0.25, -0.2) is 4.79 Å². The van der Waals surface area contributed by atoms with E-state index in [1.807, 2.05) is 6.07 Å². The van der Waals surface area contributed by atoms with Gasteiger partial charge in [-0.05, 0) is 23.3 Å². The Morgan fingerprint density at radius 2 is 1.73 bits per heavy atom. The second-order valence-electron chi connectivity index (χ2n) is 6.34. The molecule has 0 fully saturated rings. The first-order chi connectivity index (χ1) is 14.3. The first kappa shape index (κ1) is 23.5. The number of hydrogen-bond acceptors (Lipinski definition) is 5. The number of nitrogens with two attached hydrogens (primary N) is 1. The van der Waals surface area contributed by atoms with E-state index in [2.05, 4.69) is 10.6 Å². The van der Waals surface area contributed by atoms with E-state index in [0.29, 0.717) is 15.6 Å². The number of hydrogen-bond donors (Lipinski definition) is 4. The summed E-state index contributed by atoms with van der Waals surface area (Å²) in [4.78, 5) is 36.1. The Hall–Kier alpha value is -2.81. The third-order valence-corrected chi connectivity index (χ3v) is 4.69. The summed E-state index contributed by atoms with van der Waals surface area (Å²) in [5.74, 6) is -1.61. The quantitative estimate of drug-likeness (QED) is 0.459. The van der Waals surface area contributed by atoms with Crippen molar-refractivity contribution in [2.45, 2.75) is 25.1 Å². The van der Waals surface area contributed by atoms with Gasteiger partial charge in [-0.15, -0.1) is 0 Å². The van der Waals surface area contributed by atoms with Gasteiger partial charge in [0.15, 0.2) is 0 Å². The largest absolute Gasteiger partial charge is 0.445 e. The van der Waals surface area contributed by atoms with Crippen LogP contribution in [-0.2, 0) is 27.4 Å². The van der Waals surface area contributed by atoms with Gasteiger partial charge in [0.1, 0.15) is 18.7 Å². The van der Waals surface area contributed by atoms with Crippen LogP contribution in [0.2, 0.25) is 10.0 Å². The fourth-order valence-corrected chi connectivity index (χ4v) is 2.99. The summed E-state index contributed by atoms with van der Waals surface area (Å²) in [5, 5.41) is 14.8. The summed E-state index contributed by atoms with van der Waals surface area (Å²) >= 11 is 11.9. The van der Waals surface area contributed by atoms with E-state index in [1.54, 1.807) is 36.4 Å². The summed E-state index contributed by atoms with van der Waals surface area (Å²) in [6.07, 6.45) is -0.891. The van der Waals surface area contributed by atoms with Gasteiger partial charge in [0.2, 0.25) is 11.8 Å². The highest BCUT2D eigenvalue weighted by atomic mass is 35.5. The number of aliphatic hydroxyl groups is 1. The molecule has 0 saturated heterocycles. The van der Waals surface area contributed by atoms with Crippen LogP contribution in [0.5, 0.6) is 0 Å². The fraction of sp³-hybridized carbons (Fsp3) is 0.250. The van der Waals surface area contributed by atoms with Crippen LogP contribution < -0.4 is 16.4 Å². The molecule has 3 amide bonds. The van der Waals surface area contributed by atoms with Crippen molar-refractivity contribution in [2.75, 3.05) is 6.61 Å². The molecular weight excluding hydrogens is 433 g/mol. The summed E-state index contributed by atoms with van der Waals surface area (Å²) in [6, 6.07) is 11.2. The second-order valence-corrected chi connectivity index (χ2v) is 7.19. The molecule has 5 N–H and O–H groups in total. The lowest BCUT2D eigenvalue weighted by Gasteiger charge is -2.21. The molecule has 0 aliphatic heterocycles. The minimum atomic E-state index is -1.34. The SMILES string of the molecule is NC(=O)[C@@H](Cc1ccc(Cl)cc1Cl)NC(=O)[C@H](CO)NC(=O)OCc1ccccc1. The van der Waals surface area contributed by atoms with Crippen molar-refractivity contribution < 1.29 is 24.2 Å². The number of amides is 3. The number of ether oxygens (including phenoxy) is 1. The van der Waals surface area contributed by atoms with Crippen LogP contribution in [0.1, 0.15) is 11.1 Å². The summed E-state index contributed by atoms with van der Waals surface area (Å²) in [7, 11) is 0. The van der Waals surface area contributed by atoms with Gasteiger partial charge in [-0.3, -0.25) is 9.59 Å². The maximum atomic E-state index is 12.4. The van der Waals surface area contributed by atoms with E-state index >= 15 is 0 Å². The number of aliphatic hydroxyl groups excluding tert-OH is 1. The van der Waals surface area contributed by atoms with Gasteiger partial charge >= 0.3 is 6.09 Å². The molecule has 2 aromatic carbocycles. The van der Waals surface area contributed by atoms with E-state index in [-0.39, 0.29) is 13.0 Å². The van der Waals surface area contributed by atoms with Crippen LogP contribution in [0.15, 0.2) is 48.5 Å². The molecule has 160 valence electrons. The Labute approximate surface area is 183 Å². The molecule has 30 heavy (non-hydrogen) atoms. The molecule has 0 heterocycles. The topological polar surface area (TPSA) is 131 Å².